The predicted molar refractivity (Wildman–Crippen MR) is 149 cm³/mol. The molecule has 14 heteroatoms. The molecule has 0 saturated heterocycles. The van der Waals surface area contributed by atoms with Gasteiger partial charge >= 0.3 is 5.97 Å². The molecule has 218 valence electrons. The molecule has 0 aliphatic heterocycles. The van der Waals surface area contributed by atoms with Crippen LogP contribution < -0.4 is 33.2 Å². The molecule has 0 spiro atoms. The van der Waals surface area contributed by atoms with Gasteiger partial charge in [0.25, 0.3) is 0 Å². The number of benzene rings is 1. The number of aliphatic imine (C=N–C) groups is 1. The highest BCUT2D eigenvalue weighted by molar-refractivity contribution is 5.94. The summed E-state index contributed by atoms with van der Waals surface area (Å²) >= 11 is 0. The molecule has 0 aliphatic carbocycles. The van der Waals surface area contributed by atoms with E-state index < -0.39 is 53.8 Å². The van der Waals surface area contributed by atoms with Crippen LogP contribution >= 0.6 is 0 Å². The maximum Gasteiger partial charge on any atom is 0.326 e. The van der Waals surface area contributed by atoms with Crippen molar-refractivity contribution in [2.75, 3.05) is 6.54 Å². The van der Waals surface area contributed by atoms with Crippen molar-refractivity contribution in [1.82, 2.24) is 25.9 Å². The van der Waals surface area contributed by atoms with Crippen molar-refractivity contribution in [3.05, 3.63) is 54.1 Å². The number of carbonyl (C=O) groups is 4. The number of aromatic amines is 1. The third kappa shape index (κ3) is 10.7. The van der Waals surface area contributed by atoms with Crippen LogP contribution in [0.25, 0.3) is 0 Å². The summed E-state index contributed by atoms with van der Waals surface area (Å²) in [6.07, 6.45) is 3.65. The summed E-state index contributed by atoms with van der Waals surface area (Å²) in [6, 6.07) is 4.87. The minimum absolute atomic E-state index is 0.00416. The largest absolute Gasteiger partial charge is 0.480 e. The quantitative estimate of drug-likeness (QED) is 0.0698. The van der Waals surface area contributed by atoms with E-state index in [4.69, 9.17) is 17.2 Å². The highest BCUT2D eigenvalue weighted by atomic mass is 16.4. The number of amides is 3. The Bertz CT molecular complexity index is 1130. The molecule has 0 fully saturated rings. The Morgan fingerprint density at radius 2 is 1.62 bits per heavy atom. The molecule has 2 aromatic rings. The minimum Gasteiger partial charge on any atom is -0.480 e. The molecular formula is C26H39N9O5. The van der Waals surface area contributed by atoms with E-state index in [1.54, 1.807) is 13.8 Å². The fourth-order valence-corrected chi connectivity index (χ4v) is 3.88. The topological polar surface area (TPSA) is 244 Å². The SMILES string of the molecule is CC(C)C(NC(=O)C(Cc1cnc[nH]1)NC(=O)C(CCCN=C(N)N)NC(=O)C(N)Cc1ccccc1)C(=O)O. The zero-order chi connectivity index (χ0) is 29.7. The lowest BCUT2D eigenvalue weighted by molar-refractivity contribution is -0.143. The van der Waals surface area contributed by atoms with Crippen LogP contribution in [0.5, 0.6) is 0 Å². The van der Waals surface area contributed by atoms with Gasteiger partial charge in [-0.2, -0.15) is 0 Å². The predicted octanol–water partition coefficient (Wildman–Crippen LogP) is -1.23. The number of H-pyrrole nitrogens is 1. The van der Waals surface area contributed by atoms with Crippen LogP contribution in [0.4, 0.5) is 0 Å². The van der Waals surface area contributed by atoms with E-state index in [1.807, 2.05) is 30.3 Å². The second kappa shape index (κ2) is 15.8. The number of rotatable bonds is 16. The molecule has 40 heavy (non-hydrogen) atoms. The van der Waals surface area contributed by atoms with E-state index in [0.29, 0.717) is 12.1 Å². The first-order chi connectivity index (χ1) is 19.0. The molecule has 2 rings (SSSR count). The van der Waals surface area contributed by atoms with Gasteiger partial charge in [-0.25, -0.2) is 9.78 Å². The standard InChI is InChI=1S/C26H39N9O5/c1-15(2)21(25(39)40)35-24(38)20(12-17-13-30-14-32-17)34-23(37)19(9-6-10-31-26(28)29)33-22(36)18(27)11-16-7-4-3-5-8-16/h3-5,7-8,13-15,18-21H,6,9-12,27H2,1-2H3,(H,30,32)(H,33,36)(H,34,37)(H,35,38)(H,39,40)(H4,28,29,31). The number of aliphatic carboxylic acids is 1. The third-order valence-electron chi connectivity index (χ3n) is 6.06. The number of nitrogens with one attached hydrogen (secondary N) is 4. The average Bonchev–Trinajstić information content (AvgIpc) is 3.41. The van der Waals surface area contributed by atoms with Gasteiger partial charge in [0.1, 0.15) is 18.1 Å². The molecule has 4 atom stereocenters. The van der Waals surface area contributed by atoms with Crippen LogP contribution in [0.2, 0.25) is 0 Å². The zero-order valence-electron chi connectivity index (χ0n) is 22.7. The number of carboxylic acid groups (broad SMARTS) is 1. The second-order valence-corrected chi connectivity index (χ2v) is 9.72. The molecule has 1 aromatic carbocycles. The van der Waals surface area contributed by atoms with E-state index in [2.05, 4.69) is 30.9 Å². The van der Waals surface area contributed by atoms with Gasteiger partial charge in [-0.1, -0.05) is 44.2 Å². The third-order valence-corrected chi connectivity index (χ3v) is 6.06. The molecule has 0 bridgehead atoms. The summed E-state index contributed by atoms with van der Waals surface area (Å²) in [5.74, 6) is -3.61. The Labute approximate surface area is 232 Å². The van der Waals surface area contributed by atoms with Gasteiger partial charge in [0, 0.05) is 24.9 Å². The van der Waals surface area contributed by atoms with Crippen molar-refractivity contribution in [1.29, 1.82) is 0 Å². The first-order valence-corrected chi connectivity index (χ1v) is 12.9. The summed E-state index contributed by atoms with van der Waals surface area (Å²) in [6.45, 7) is 3.52. The van der Waals surface area contributed by atoms with Crippen molar-refractivity contribution in [2.24, 2.45) is 28.1 Å². The van der Waals surface area contributed by atoms with Crippen molar-refractivity contribution in [2.45, 2.75) is 63.7 Å². The number of hydrogen-bond donors (Lipinski definition) is 8. The lowest BCUT2D eigenvalue weighted by atomic mass is 10.0. The Kier molecular flexibility index (Phi) is 12.6. The van der Waals surface area contributed by atoms with Crippen LogP contribution in [0.1, 0.15) is 37.9 Å². The molecule has 3 amide bonds. The Hall–Kier alpha value is -4.46. The molecule has 0 radical (unpaired) electrons. The molecule has 4 unspecified atom stereocenters. The van der Waals surface area contributed by atoms with E-state index in [-0.39, 0.29) is 31.8 Å². The van der Waals surface area contributed by atoms with Crippen LogP contribution in [-0.2, 0) is 32.0 Å². The molecule has 11 N–H and O–H groups in total. The molecule has 1 heterocycles. The van der Waals surface area contributed by atoms with Gasteiger partial charge in [-0.15, -0.1) is 0 Å². The number of nitrogens with two attached hydrogens (primary N) is 3. The summed E-state index contributed by atoms with van der Waals surface area (Å²) < 4.78 is 0. The summed E-state index contributed by atoms with van der Waals surface area (Å²) in [5.41, 5.74) is 18.3. The van der Waals surface area contributed by atoms with Crippen LogP contribution in [0, 0.1) is 5.92 Å². The highest BCUT2D eigenvalue weighted by Crippen LogP contribution is 2.08. The Morgan fingerprint density at radius 1 is 0.975 bits per heavy atom. The maximum atomic E-state index is 13.4. The van der Waals surface area contributed by atoms with Gasteiger partial charge in [0.15, 0.2) is 5.96 Å². The molecular weight excluding hydrogens is 518 g/mol. The summed E-state index contributed by atoms with van der Waals surface area (Å²) in [5, 5.41) is 17.3. The van der Waals surface area contributed by atoms with Crippen LogP contribution in [0.15, 0.2) is 47.8 Å². The van der Waals surface area contributed by atoms with Gasteiger partial charge in [-0.3, -0.25) is 19.4 Å². The molecule has 0 aliphatic rings. The number of carboxylic acids is 1. The number of imidazole rings is 1. The van der Waals surface area contributed by atoms with Crippen LogP contribution in [-0.4, -0.2) is 75.4 Å². The Morgan fingerprint density at radius 3 is 2.20 bits per heavy atom. The van der Waals surface area contributed by atoms with E-state index in [1.165, 1.54) is 12.5 Å². The van der Waals surface area contributed by atoms with Crippen molar-refractivity contribution in [3.8, 4) is 0 Å². The van der Waals surface area contributed by atoms with Gasteiger partial charge in [0.2, 0.25) is 17.7 Å². The number of hydrogen-bond acceptors (Lipinski definition) is 7. The lowest BCUT2D eigenvalue weighted by Crippen LogP contribution is -2.58. The zero-order valence-corrected chi connectivity index (χ0v) is 22.7. The summed E-state index contributed by atoms with van der Waals surface area (Å²) in [4.78, 5) is 61.8. The molecule has 0 saturated carbocycles. The highest BCUT2D eigenvalue weighted by Gasteiger charge is 2.31. The minimum atomic E-state index is -1.20. The monoisotopic (exact) mass is 557 g/mol. The van der Waals surface area contributed by atoms with E-state index in [9.17, 15) is 24.3 Å². The smallest absolute Gasteiger partial charge is 0.326 e. The van der Waals surface area contributed by atoms with Gasteiger partial charge < -0.3 is 43.2 Å². The fourth-order valence-electron chi connectivity index (χ4n) is 3.88. The molecule has 14 nitrogen and oxygen atoms in total. The van der Waals surface area contributed by atoms with Crippen molar-refractivity contribution < 1.29 is 24.3 Å². The van der Waals surface area contributed by atoms with E-state index >= 15 is 0 Å². The fraction of sp³-hybridized carbons (Fsp3) is 0.462. The maximum absolute atomic E-state index is 13.4. The second-order valence-electron chi connectivity index (χ2n) is 9.72. The van der Waals surface area contributed by atoms with E-state index in [0.717, 1.165) is 5.56 Å². The van der Waals surface area contributed by atoms with Crippen LogP contribution in [0.3, 0.4) is 0 Å². The summed E-state index contributed by atoms with van der Waals surface area (Å²) in [7, 11) is 0. The van der Waals surface area contributed by atoms with Gasteiger partial charge in [-0.05, 0) is 30.7 Å². The average molecular weight is 558 g/mol. The Balaban J connectivity index is 2.20. The molecule has 1 aromatic heterocycles. The number of nitrogens with zero attached hydrogens (tertiary/aromatic N) is 2. The van der Waals surface area contributed by atoms with Crippen molar-refractivity contribution in [3.63, 3.8) is 0 Å². The van der Waals surface area contributed by atoms with Gasteiger partial charge in [0.05, 0.1) is 12.4 Å². The lowest BCUT2D eigenvalue weighted by Gasteiger charge is -2.26. The number of guanidine groups is 1. The first kappa shape index (κ1) is 31.8. The normalized spacial score (nSPS) is 13.9. The number of carbonyl (C=O) groups excluding carboxylic acids is 3. The number of aromatic nitrogens is 2. The first-order valence-electron chi connectivity index (χ1n) is 12.9. The van der Waals surface area contributed by atoms with Crippen molar-refractivity contribution >= 4 is 29.7 Å².